The Bertz CT molecular complexity index is 459. The van der Waals surface area contributed by atoms with E-state index in [1.165, 1.54) is 7.11 Å². The van der Waals surface area contributed by atoms with Crippen molar-refractivity contribution in [3.05, 3.63) is 24.2 Å². The lowest BCUT2D eigenvalue weighted by Crippen LogP contribution is -2.25. The minimum Gasteiger partial charge on any atom is -0.299 e. The first-order valence-corrected chi connectivity index (χ1v) is 4.06. The Balaban J connectivity index is 2.43. The van der Waals surface area contributed by atoms with Crippen LogP contribution in [0.25, 0.3) is 5.65 Å². The van der Waals surface area contributed by atoms with Crippen LogP contribution >= 0.6 is 0 Å². The molecule has 1 amide bonds. The van der Waals surface area contributed by atoms with E-state index in [4.69, 9.17) is 4.84 Å². The highest BCUT2D eigenvalue weighted by Gasteiger charge is 2.16. The number of amides is 1. The third-order valence-corrected chi connectivity index (χ3v) is 2.02. The maximum Gasteiger partial charge on any atom is 0.282 e. The van der Waals surface area contributed by atoms with Gasteiger partial charge in [0.15, 0.2) is 5.65 Å². The number of hydrogen-bond acceptors (Lipinski definition) is 3. The van der Waals surface area contributed by atoms with Crippen LogP contribution in [-0.2, 0) is 4.84 Å². The lowest BCUT2D eigenvalue weighted by molar-refractivity contribution is -0.0755. The number of nitrogens with one attached hydrogen (secondary N) is 1. The predicted molar refractivity (Wildman–Crippen MR) is 48.6 cm³/mol. The van der Waals surface area contributed by atoms with E-state index in [-0.39, 0.29) is 5.91 Å². The van der Waals surface area contributed by atoms with Gasteiger partial charge in [0.05, 0.1) is 7.11 Å². The molecule has 0 fully saturated rings. The molecule has 0 aliphatic carbocycles. The van der Waals surface area contributed by atoms with E-state index in [0.717, 1.165) is 5.06 Å². The molecule has 0 atom stereocenters. The first-order valence-electron chi connectivity index (χ1n) is 4.06. The van der Waals surface area contributed by atoms with Crippen LogP contribution in [0.4, 0.5) is 0 Å². The van der Waals surface area contributed by atoms with Crippen molar-refractivity contribution in [1.29, 1.82) is 0 Å². The smallest absolute Gasteiger partial charge is 0.282 e. The summed E-state index contributed by atoms with van der Waals surface area (Å²) >= 11 is 0. The Hall–Kier alpha value is -1.82. The van der Waals surface area contributed by atoms with Gasteiger partial charge in [-0.25, -0.2) is 14.6 Å². The van der Waals surface area contributed by atoms with E-state index in [1.54, 1.807) is 30.2 Å². The van der Waals surface area contributed by atoms with E-state index in [9.17, 15) is 4.79 Å². The van der Waals surface area contributed by atoms with Crippen LogP contribution in [0, 0.1) is 0 Å². The molecule has 1 N–H and O–H groups in total. The third kappa shape index (κ3) is 1.16. The number of hydroxylamine groups is 2. The number of hydrogen-bond donors (Lipinski definition) is 1. The van der Waals surface area contributed by atoms with E-state index in [2.05, 4.69) is 10.1 Å². The number of H-pyrrole nitrogens is 1. The van der Waals surface area contributed by atoms with E-state index in [1.807, 2.05) is 0 Å². The van der Waals surface area contributed by atoms with Crippen LogP contribution in [0.5, 0.6) is 0 Å². The molecular weight excluding hydrogens is 184 g/mol. The summed E-state index contributed by atoms with van der Waals surface area (Å²) in [5, 5.41) is 4.03. The molecule has 0 aliphatic heterocycles. The summed E-state index contributed by atoms with van der Waals surface area (Å²) in [6, 6.07) is 0. The SMILES string of the molecule is CON(C)C(=O)c1c[nH]n2ccnc12. The highest BCUT2D eigenvalue weighted by molar-refractivity contribution is 5.98. The van der Waals surface area contributed by atoms with Crippen LogP contribution in [0.1, 0.15) is 10.4 Å². The van der Waals surface area contributed by atoms with Crippen molar-refractivity contribution in [3.63, 3.8) is 0 Å². The number of carbonyl (C=O) groups excluding carboxylic acids is 1. The Labute approximate surface area is 80.0 Å². The molecule has 74 valence electrons. The van der Waals surface area contributed by atoms with Gasteiger partial charge in [0, 0.05) is 25.6 Å². The van der Waals surface area contributed by atoms with Gasteiger partial charge in [-0.15, -0.1) is 0 Å². The van der Waals surface area contributed by atoms with Gasteiger partial charge < -0.3 is 0 Å². The molecule has 2 rings (SSSR count). The molecule has 2 aromatic rings. The van der Waals surface area contributed by atoms with E-state index in [0.29, 0.717) is 11.2 Å². The monoisotopic (exact) mass is 194 g/mol. The van der Waals surface area contributed by atoms with Gasteiger partial charge in [0.25, 0.3) is 5.91 Å². The van der Waals surface area contributed by atoms with Gasteiger partial charge >= 0.3 is 0 Å². The molecule has 0 radical (unpaired) electrons. The Morgan fingerprint density at radius 1 is 1.71 bits per heavy atom. The second-order valence-corrected chi connectivity index (χ2v) is 2.79. The zero-order valence-electron chi connectivity index (χ0n) is 7.89. The molecule has 6 nitrogen and oxygen atoms in total. The van der Waals surface area contributed by atoms with Crippen molar-refractivity contribution >= 4 is 11.6 Å². The van der Waals surface area contributed by atoms with Crippen molar-refractivity contribution < 1.29 is 9.63 Å². The number of imidazole rings is 1. The zero-order chi connectivity index (χ0) is 10.1. The fourth-order valence-corrected chi connectivity index (χ4v) is 1.22. The first-order chi connectivity index (χ1) is 6.74. The number of aromatic amines is 1. The lowest BCUT2D eigenvalue weighted by atomic mass is 10.3. The fourth-order valence-electron chi connectivity index (χ4n) is 1.22. The number of nitrogens with zero attached hydrogens (tertiary/aromatic N) is 3. The van der Waals surface area contributed by atoms with Gasteiger partial charge in [-0.05, 0) is 0 Å². The average Bonchev–Trinajstić information content (AvgIpc) is 2.76. The normalized spacial score (nSPS) is 10.7. The molecule has 0 saturated heterocycles. The summed E-state index contributed by atoms with van der Waals surface area (Å²) in [5.41, 5.74) is 1.08. The second kappa shape index (κ2) is 3.15. The highest BCUT2D eigenvalue weighted by atomic mass is 16.7. The lowest BCUT2D eigenvalue weighted by Gasteiger charge is -2.11. The van der Waals surface area contributed by atoms with Gasteiger partial charge in [-0.2, -0.15) is 0 Å². The summed E-state index contributed by atoms with van der Waals surface area (Å²) in [4.78, 5) is 20.5. The molecule has 0 bridgehead atoms. The zero-order valence-corrected chi connectivity index (χ0v) is 7.89. The second-order valence-electron chi connectivity index (χ2n) is 2.79. The largest absolute Gasteiger partial charge is 0.299 e. The molecule has 0 saturated carbocycles. The molecule has 0 spiro atoms. The van der Waals surface area contributed by atoms with E-state index >= 15 is 0 Å². The minimum absolute atomic E-state index is 0.232. The molecule has 0 unspecified atom stereocenters. The summed E-state index contributed by atoms with van der Waals surface area (Å²) in [7, 11) is 2.99. The number of aromatic nitrogens is 3. The molecule has 2 heterocycles. The van der Waals surface area contributed by atoms with Gasteiger partial charge in [0.2, 0.25) is 0 Å². The van der Waals surface area contributed by atoms with Crippen molar-refractivity contribution in [2.45, 2.75) is 0 Å². The number of fused-ring (bicyclic) bond motifs is 1. The summed E-state index contributed by atoms with van der Waals surface area (Å²) in [6.45, 7) is 0. The third-order valence-electron chi connectivity index (χ3n) is 2.02. The molecule has 2 aromatic heterocycles. The average molecular weight is 194 g/mol. The topological polar surface area (TPSA) is 62.6 Å². The number of rotatable bonds is 2. The molecular formula is C8H10N4O2. The van der Waals surface area contributed by atoms with E-state index < -0.39 is 0 Å². The van der Waals surface area contributed by atoms with Crippen LogP contribution in [0.15, 0.2) is 18.6 Å². The first kappa shape index (κ1) is 8.76. The van der Waals surface area contributed by atoms with Gasteiger partial charge in [-0.1, -0.05) is 0 Å². The van der Waals surface area contributed by atoms with Crippen molar-refractivity contribution in [1.82, 2.24) is 19.7 Å². The van der Waals surface area contributed by atoms with Crippen molar-refractivity contribution in [2.24, 2.45) is 0 Å². The van der Waals surface area contributed by atoms with Crippen LogP contribution in [0.3, 0.4) is 0 Å². The fraction of sp³-hybridized carbons (Fsp3) is 0.250. The number of carbonyl (C=O) groups is 1. The van der Waals surface area contributed by atoms with Gasteiger partial charge in [0.1, 0.15) is 5.56 Å². The minimum atomic E-state index is -0.232. The maximum atomic E-state index is 11.7. The van der Waals surface area contributed by atoms with Crippen LogP contribution in [0.2, 0.25) is 0 Å². The summed E-state index contributed by atoms with van der Waals surface area (Å²) < 4.78 is 1.66. The van der Waals surface area contributed by atoms with Gasteiger partial charge in [-0.3, -0.25) is 14.7 Å². The Kier molecular flexibility index (Phi) is 1.97. The molecule has 0 aromatic carbocycles. The highest BCUT2D eigenvalue weighted by Crippen LogP contribution is 2.09. The Morgan fingerprint density at radius 2 is 2.50 bits per heavy atom. The standard InChI is InChI=1S/C8H10N4O2/c1-11(14-2)8(13)6-5-10-12-4-3-9-7(6)12/h3-5,10H,1-2H3. The van der Waals surface area contributed by atoms with Crippen molar-refractivity contribution in [3.8, 4) is 0 Å². The summed E-state index contributed by atoms with van der Waals surface area (Å²) in [6.07, 6.45) is 4.95. The quantitative estimate of drug-likeness (QED) is 0.699. The molecule has 0 aliphatic rings. The maximum absolute atomic E-state index is 11.7. The van der Waals surface area contributed by atoms with Crippen molar-refractivity contribution in [2.75, 3.05) is 14.2 Å². The van der Waals surface area contributed by atoms with Crippen LogP contribution in [-0.4, -0.2) is 39.7 Å². The van der Waals surface area contributed by atoms with Crippen LogP contribution < -0.4 is 0 Å². The summed E-state index contributed by atoms with van der Waals surface area (Å²) in [5.74, 6) is -0.232. The molecule has 14 heavy (non-hydrogen) atoms. The molecule has 6 heteroatoms. The predicted octanol–water partition coefficient (Wildman–Crippen LogP) is 0.296. The Morgan fingerprint density at radius 3 is 3.21 bits per heavy atom.